The van der Waals surface area contributed by atoms with Gasteiger partial charge in [0.15, 0.2) is 5.75 Å². The summed E-state index contributed by atoms with van der Waals surface area (Å²) in [5.74, 6) is 0.301. The minimum atomic E-state index is -0.249. The molecule has 0 bridgehead atoms. The van der Waals surface area contributed by atoms with E-state index in [0.29, 0.717) is 11.4 Å². The lowest BCUT2D eigenvalue weighted by atomic mass is 10.2. The topological polar surface area (TPSA) is 55.0 Å². The third-order valence-electron chi connectivity index (χ3n) is 2.03. The second-order valence-corrected chi connectivity index (χ2v) is 2.98. The van der Waals surface area contributed by atoms with E-state index >= 15 is 0 Å². The van der Waals surface area contributed by atoms with Crippen LogP contribution >= 0.6 is 0 Å². The number of hydrogen-bond acceptors (Lipinski definition) is 3. The highest BCUT2D eigenvalue weighted by Crippen LogP contribution is 2.13. The molecular weight excluding hydrogens is 192 g/mol. The Morgan fingerprint density at radius 1 is 1.27 bits per heavy atom. The zero-order valence-corrected chi connectivity index (χ0v) is 8.23. The van der Waals surface area contributed by atoms with E-state index in [1.165, 1.54) is 7.11 Å². The normalized spacial score (nSPS) is 9.93. The van der Waals surface area contributed by atoms with Crippen molar-refractivity contribution < 1.29 is 4.74 Å². The standard InChI is InChI=1S/C11H10N2O2/c1-15-10-6-5-9(13-11(10)14)8-4-2-3-7-12-8/h2-7H,1H3,(H,13,14). The van der Waals surface area contributed by atoms with E-state index in [-0.39, 0.29) is 5.56 Å². The molecule has 4 heteroatoms. The summed E-state index contributed by atoms with van der Waals surface area (Å²) in [6.07, 6.45) is 1.68. The van der Waals surface area contributed by atoms with Crippen molar-refractivity contribution in [3.63, 3.8) is 0 Å². The van der Waals surface area contributed by atoms with Gasteiger partial charge in [-0.3, -0.25) is 9.78 Å². The van der Waals surface area contributed by atoms with Crippen molar-refractivity contribution in [1.82, 2.24) is 9.97 Å². The van der Waals surface area contributed by atoms with Crippen molar-refractivity contribution in [3.8, 4) is 17.1 Å². The molecule has 1 N–H and O–H groups in total. The van der Waals surface area contributed by atoms with E-state index in [0.717, 1.165) is 5.69 Å². The SMILES string of the molecule is COc1ccc(-c2ccccn2)[nH]c1=O. The van der Waals surface area contributed by atoms with Gasteiger partial charge < -0.3 is 9.72 Å². The Morgan fingerprint density at radius 2 is 2.13 bits per heavy atom. The molecule has 0 aliphatic rings. The number of aromatic amines is 1. The molecule has 0 aromatic carbocycles. The van der Waals surface area contributed by atoms with Crippen LogP contribution in [0.25, 0.3) is 11.4 Å². The molecular formula is C11H10N2O2. The summed E-state index contributed by atoms with van der Waals surface area (Å²) in [5.41, 5.74) is 1.17. The molecule has 0 atom stereocenters. The minimum Gasteiger partial charge on any atom is -0.491 e. The molecule has 0 radical (unpaired) electrons. The molecule has 0 aliphatic heterocycles. The van der Waals surface area contributed by atoms with E-state index in [4.69, 9.17) is 4.74 Å². The Labute approximate surface area is 86.6 Å². The number of ether oxygens (including phenoxy) is 1. The van der Waals surface area contributed by atoms with E-state index < -0.39 is 0 Å². The molecule has 15 heavy (non-hydrogen) atoms. The summed E-state index contributed by atoms with van der Waals surface area (Å²) in [6, 6.07) is 8.92. The first kappa shape index (κ1) is 9.45. The molecule has 2 heterocycles. The molecule has 2 aromatic rings. The van der Waals surface area contributed by atoms with Crippen LogP contribution in [0.5, 0.6) is 5.75 Å². The maximum absolute atomic E-state index is 11.4. The molecule has 2 aromatic heterocycles. The summed E-state index contributed by atoms with van der Waals surface area (Å²) in [5, 5.41) is 0. The van der Waals surface area contributed by atoms with Gasteiger partial charge in [-0.15, -0.1) is 0 Å². The molecule has 2 rings (SSSR count). The van der Waals surface area contributed by atoms with Gasteiger partial charge in [-0.25, -0.2) is 0 Å². The van der Waals surface area contributed by atoms with Gasteiger partial charge >= 0.3 is 0 Å². The summed E-state index contributed by atoms with van der Waals surface area (Å²) in [7, 11) is 1.46. The molecule has 0 saturated heterocycles. The molecule has 0 spiro atoms. The van der Waals surface area contributed by atoms with E-state index in [1.807, 2.05) is 18.2 Å². The highest BCUT2D eigenvalue weighted by Gasteiger charge is 2.02. The van der Waals surface area contributed by atoms with Gasteiger partial charge in [-0.05, 0) is 24.3 Å². The molecule has 4 nitrogen and oxygen atoms in total. The average molecular weight is 202 g/mol. The highest BCUT2D eigenvalue weighted by molar-refractivity contribution is 5.53. The van der Waals surface area contributed by atoms with Gasteiger partial charge in [0.25, 0.3) is 5.56 Å². The first-order valence-electron chi connectivity index (χ1n) is 4.50. The van der Waals surface area contributed by atoms with Crippen molar-refractivity contribution in [2.24, 2.45) is 0 Å². The third-order valence-corrected chi connectivity index (χ3v) is 2.03. The summed E-state index contributed by atoms with van der Waals surface area (Å²) < 4.78 is 4.87. The number of hydrogen-bond donors (Lipinski definition) is 1. The van der Waals surface area contributed by atoms with Crippen molar-refractivity contribution in [3.05, 3.63) is 46.9 Å². The first-order valence-corrected chi connectivity index (χ1v) is 4.50. The number of pyridine rings is 2. The molecule has 0 amide bonds. The first-order chi connectivity index (χ1) is 7.31. The number of methoxy groups -OCH3 is 1. The van der Waals surface area contributed by atoms with Gasteiger partial charge in [0, 0.05) is 6.20 Å². The number of rotatable bonds is 2. The van der Waals surface area contributed by atoms with Crippen LogP contribution in [0.15, 0.2) is 41.3 Å². The zero-order chi connectivity index (χ0) is 10.7. The van der Waals surface area contributed by atoms with Gasteiger partial charge in [0.05, 0.1) is 18.5 Å². The van der Waals surface area contributed by atoms with Crippen LogP contribution in [0.3, 0.4) is 0 Å². The Bertz CT molecular complexity index is 505. The zero-order valence-electron chi connectivity index (χ0n) is 8.23. The Balaban J connectivity index is 2.48. The molecule has 0 saturated carbocycles. The average Bonchev–Trinajstić information content (AvgIpc) is 2.30. The van der Waals surface area contributed by atoms with E-state index in [1.54, 1.807) is 18.3 Å². The highest BCUT2D eigenvalue weighted by atomic mass is 16.5. The maximum Gasteiger partial charge on any atom is 0.290 e. The van der Waals surface area contributed by atoms with Crippen LogP contribution in [-0.4, -0.2) is 17.1 Å². The Kier molecular flexibility index (Phi) is 2.49. The lowest BCUT2D eigenvalue weighted by Crippen LogP contribution is -2.09. The maximum atomic E-state index is 11.4. The minimum absolute atomic E-state index is 0.249. The quantitative estimate of drug-likeness (QED) is 0.801. The van der Waals surface area contributed by atoms with Gasteiger partial charge in [0.2, 0.25) is 0 Å². The Morgan fingerprint density at radius 3 is 2.73 bits per heavy atom. The summed E-state index contributed by atoms with van der Waals surface area (Å²) in [6.45, 7) is 0. The van der Waals surface area contributed by atoms with Gasteiger partial charge in [-0.1, -0.05) is 6.07 Å². The molecule has 76 valence electrons. The summed E-state index contributed by atoms with van der Waals surface area (Å²) in [4.78, 5) is 18.3. The lowest BCUT2D eigenvalue weighted by molar-refractivity contribution is 0.408. The lowest BCUT2D eigenvalue weighted by Gasteiger charge is -2.01. The number of aromatic nitrogens is 2. The third kappa shape index (κ3) is 1.88. The van der Waals surface area contributed by atoms with Crippen LogP contribution in [0, 0.1) is 0 Å². The van der Waals surface area contributed by atoms with Gasteiger partial charge in [-0.2, -0.15) is 0 Å². The number of H-pyrrole nitrogens is 1. The molecule has 0 unspecified atom stereocenters. The van der Waals surface area contributed by atoms with Crippen LogP contribution in [0.4, 0.5) is 0 Å². The number of nitrogens with one attached hydrogen (secondary N) is 1. The Hall–Kier alpha value is -2.10. The fourth-order valence-electron chi connectivity index (χ4n) is 1.29. The fourth-order valence-corrected chi connectivity index (χ4v) is 1.29. The van der Waals surface area contributed by atoms with Crippen LogP contribution < -0.4 is 10.3 Å². The van der Waals surface area contributed by atoms with E-state index in [9.17, 15) is 4.79 Å². The smallest absolute Gasteiger partial charge is 0.290 e. The monoisotopic (exact) mass is 202 g/mol. The van der Waals surface area contributed by atoms with Crippen LogP contribution in [0.2, 0.25) is 0 Å². The largest absolute Gasteiger partial charge is 0.491 e. The predicted molar refractivity (Wildman–Crippen MR) is 56.8 cm³/mol. The molecule has 0 aliphatic carbocycles. The van der Waals surface area contributed by atoms with Crippen molar-refractivity contribution >= 4 is 0 Å². The van der Waals surface area contributed by atoms with Crippen molar-refractivity contribution in [2.45, 2.75) is 0 Å². The second kappa shape index (κ2) is 3.96. The number of nitrogens with zero attached hydrogens (tertiary/aromatic N) is 1. The van der Waals surface area contributed by atoms with Crippen molar-refractivity contribution in [1.29, 1.82) is 0 Å². The predicted octanol–water partition coefficient (Wildman–Crippen LogP) is 1.45. The van der Waals surface area contributed by atoms with Crippen molar-refractivity contribution in [2.75, 3.05) is 7.11 Å². The van der Waals surface area contributed by atoms with Crippen LogP contribution in [0.1, 0.15) is 0 Å². The molecule has 0 fully saturated rings. The summed E-state index contributed by atoms with van der Waals surface area (Å²) >= 11 is 0. The van der Waals surface area contributed by atoms with E-state index in [2.05, 4.69) is 9.97 Å². The second-order valence-electron chi connectivity index (χ2n) is 2.98. The van der Waals surface area contributed by atoms with Gasteiger partial charge in [0.1, 0.15) is 0 Å². The fraction of sp³-hybridized carbons (Fsp3) is 0.0909. The van der Waals surface area contributed by atoms with Crippen LogP contribution in [-0.2, 0) is 0 Å².